The molecule has 0 fully saturated rings. The predicted octanol–water partition coefficient (Wildman–Crippen LogP) is 4.88. The van der Waals surface area contributed by atoms with Crippen molar-refractivity contribution in [1.82, 2.24) is 0 Å². The maximum Gasteiger partial charge on any atom is 2.00 e. The first-order valence-corrected chi connectivity index (χ1v) is 5.42. The number of rotatable bonds is 3. The molecular weight excluding hydrogens is 406 g/mol. The molecule has 0 spiro atoms. The Hall–Kier alpha value is 1.34. The summed E-state index contributed by atoms with van der Waals surface area (Å²) < 4.78 is 0. The summed E-state index contributed by atoms with van der Waals surface area (Å²) in [6, 6.07) is 0. The second-order valence-electron chi connectivity index (χ2n) is 2.40. The summed E-state index contributed by atoms with van der Waals surface area (Å²) in [6.45, 7) is 13.4. The van der Waals surface area contributed by atoms with Crippen molar-refractivity contribution < 1.29 is 31.1 Å². The van der Waals surface area contributed by atoms with Crippen molar-refractivity contribution >= 4 is 11.6 Å². The molecule has 0 nitrogen and oxygen atoms in total. The van der Waals surface area contributed by atoms with Crippen molar-refractivity contribution in [1.29, 1.82) is 0 Å². The minimum Gasteiger partial charge on any atom is -0.344 e. The minimum absolute atomic E-state index is 0. The minimum atomic E-state index is 0. The van der Waals surface area contributed by atoms with E-state index in [4.69, 9.17) is 11.6 Å². The van der Waals surface area contributed by atoms with E-state index in [0.717, 1.165) is 25.1 Å². The van der Waals surface area contributed by atoms with Crippen molar-refractivity contribution in [3.05, 3.63) is 13.8 Å². The first-order valence-electron chi connectivity index (χ1n) is 4.89. The van der Waals surface area contributed by atoms with Gasteiger partial charge in [0.1, 0.15) is 0 Å². The molecule has 0 aliphatic carbocycles. The number of halogens is 1. The van der Waals surface area contributed by atoms with Gasteiger partial charge in [0, 0.05) is 5.88 Å². The van der Waals surface area contributed by atoms with Gasteiger partial charge in [0.15, 0.2) is 0 Å². The Balaban J connectivity index is -0.0000000465. The average Bonchev–Trinajstić information content (AvgIpc) is 2.08. The van der Waals surface area contributed by atoms with Crippen LogP contribution in [0.4, 0.5) is 0 Å². The van der Waals surface area contributed by atoms with Crippen LogP contribution in [0.5, 0.6) is 0 Å². The molecule has 0 aromatic rings. The van der Waals surface area contributed by atoms with Crippen LogP contribution in [0.2, 0.25) is 0 Å². The molecule has 0 unspecified atom stereocenters. The second-order valence-corrected chi connectivity index (χ2v) is 2.77. The quantitative estimate of drug-likeness (QED) is 0.442. The molecule has 80 valence electrons. The van der Waals surface area contributed by atoms with Crippen LogP contribution in [0.25, 0.3) is 0 Å². The van der Waals surface area contributed by atoms with E-state index in [1.54, 1.807) is 0 Å². The van der Waals surface area contributed by atoms with Crippen LogP contribution in [0.3, 0.4) is 0 Å². The van der Waals surface area contributed by atoms with Crippen LogP contribution >= 0.6 is 11.6 Å². The molecule has 0 amide bonds. The van der Waals surface area contributed by atoms with Crippen LogP contribution < -0.4 is 0 Å². The van der Waals surface area contributed by atoms with Gasteiger partial charge in [-0.3, -0.25) is 0 Å². The van der Waals surface area contributed by atoms with Gasteiger partial charge in [-0.2, -0.15) is 12.8 Å². The summed E-state index contributed by atoms with van der Waals surface area (Å²) in [5.41, 5.74) is 0. The largest absolute Gasteiger partial charge is 2.00 e. The molecule has 0 rings (SSSR count). The Bertz CT molecular complexity index is 37.1. The molecule has 0 radical (unpaired) electrons. The molecule has 0 bridgehead atoms. The molecular formula is C11H25ClU. The van der Waals surface area contributed by atoms with Gasteiger partial charge in [0.2, 0.25) is 0 Å². The van der Waals surface area contributed by atoms with E-state index < -0.39 is 0 Å². The molecule has 0 heterocycles. The molecule has 0 aliphatic rings. The Morgan fingerprint density at radius 1 is 1.00 bits per heavy atom. The van der Waals surface area contributed by atoms with Gasteiger partial charge in [-0.05, 0) is 6.42 Å². The smallest absolute Gasteiger partial charge is 0.344 e. The summed E-state index contributed by atoms with van der Waals surface area (Å²) in [5.74, 6) is 0.792. The third-order valence-electron chi connectivity index (χ3n) is 0.793. The van der Waals surface area contributed by atoms with E-state index in [1.165, 1.54) is 12.8 Å². The van der Waals surface area contributed by atoms with Crippen molar-refractivity contribution in [3.8, 4) is 0 Å². The Kier molecular flexibility index (Phi) is 69.2. The zero-order valence-electron chi connectivity index (χ0n) is 9.53. The number of unbranched alkanes of at least 4 members (excludes halogenated alkanes) is 2. The van der Waals surface area contributed by atoms with Crippen LogP contribution in [-0.2, 0) is 0 Å². The molecule has 13 heavy (non-hydrogen) atoms. The summed E-state index contributed by atoms with van der Waals surface area (Å²) in [4.78, 5) is 0. The number of hydrogen-bond acceptors (Lipinski definition) is 0. The zero-order valence-corrected chi connectivity index (χ0v) is 14.5. The molecule has 0 aliphatic heterocycles. The molecule has 0 atom stereocenters. The Morgan fingerprint density at radius 2 is 1.31 bits per heavy atom. The topological polar surface area (TPSA) is 0 Å². The zero-order chi connectivity index (χ0) is 10.2. The summed E-state index contributed by atoms with van der Waals surface area (Å²) >= 11 is 5.19. The average molecular weight is 431 g/mol. The van der Waals surface area contributed by atoms with Crippen molar-refractivity contribution in [3.63, 3.8) is 0 Å². The first kappa shape index (κ1) is 23.9. The Morgan fingerprint density at radius 3 is 1.31 bits per heavy atom. The summed E-state index contributed by atoms with van der Waals surface area (Å²) in [6.07, 6.45) is 5.74. The molecule has 0 saturated heterocycles. The fraction of sp³-hybridized carbons (Fsp3) is 0.818. The fourth-order valence-electron chi connectivity index (χ4n) is 0.250. The van der Waals surface area contributed by atoms with E-state index in [2.05, 4.69) is 20.8 Å². The van der Waals surface area contributed by atoms with Gasteiger partial charge in [0.05, 0.1) is 0 Å². The molecule has 2 heteroatoms. The van der Waals surface area contributed by atoms with Gasteiger partial charge < -0.3 is 13.8 Å². The third-order valence-corrected chi connectivity index (χ3v) is 1.17. The predicted molar refractivity (Wildman–Crippen MR) is 61.5 cm³/mol. The van der Waals surface area contributed by atoms with Gasteiger partial charge in [0.25, 0.3) is 0 Å². The first-order chi connectivity index (χ1) is 5.74. The standard InChI is InChI=1S/C5H11.C3H7Cl.C3H7.U/c1-3-5-4-2;1-2-3-4;1-3-2;/h1,3-5H2,2H3;2-3H2,1H3;1,3H2,2H3;/q-1;;-1;+2. The molecule has 0 saturated carbocycles. The van der Waals surface area contributed by atoms with E-state index in [0.29, 0.717) is 0 Å². The van der Waals surface area contributed by atoms with Crippen LogP contribution in [-0.4, -0.2) is 5.88 Å². The normalized spacial score (nSPS) is 6.92. The van der Waals surface area contributed by atoms with Gasteiger partial charge in [-0.15, -0.1) is 11.6 Å². The summed E-state index contributed by atoms with van der Waals surface area (Å²) in [7, 11) is 0. The molecule has 0 aromatic heterocycles. The van der Waals surface area contributed by atoms with Crippen LogP contribution in [0.1, 0.15) is 52.9 Å². The Labute approximate surface area is 115 Å². The number of alkyl halides is 1. The van der Waals surface area contributed by atoms with E-state index in [1.807, 2.05) is 13.8 Å². The monoisotopic (exact) mass is 430 g/mol. The van der Waals surface area contributed by atoms with Crippen molar-refractivity contribution in [2.24, 2.45) is 0 Å². The van der Waals surface area contributed by atoms with Crippen molar-refractivity contribution in [2.75, 3.05) is 5.88 Å². The van der Waals surface area contributed by atoms with Gasteiger partial charge >= 0.3 is 31.1 Å². The van der Waals surface area contributed by atoms with Crippen molar-refractivity contribution in [2.45, 2.75) is 52.9 Å². The van der Waals surface area contributed by atoms with E-state index in [9.17, 15) is 0 Å². The maximum atomic E-state index is 5.19. The third kappa shape index (κ3) is 91.0. The van der Waals surface area contributed by atoms with Gasteiger partial charge in [-0.1, -0.05) is 33.6 Å². The fourth-order valence-corrected chi connectivity index (χ4v) is 0.250. The van der Waals surface area contributed by atoms with Gasteiger partial charge in [-0.25, -0.2) is 0 Å². The van der Waals surface area contributed by atoms with E-state index in [-0.39, 0.29) is 31.1 Å². The van der Waals surface area contributed by atoms with Crippen LogP contribution in [0.15, 0.2) is 0 Å². The molecule has 0 aromatic carbocycles. The number of hydrogen-bond donors (Lipinski definition) is 0. The maximum absolute atomic E-state index is 5.19. The van der Waals surface area contributed by atoms with Crippen LogP contribution in [0, 0.1) is 45.0 Å². The second kappa shape index (κ2) is 37.7. The summed E-state index contributed by atoms with van der Waals surface area (Å²) in [5, 5.41) is 0. The molecule has 0 N–H and O–H groups in total. The SMILES string of the molecule is CCCCl.[CH2-]CC.[CH2-]CCCC.[U+2]. The van der Waals surface area contributed by atoms with E-state index >= 15 is 0 Å².